The zero-order valence-electron chi connectivity index (χ0n) is 6.82. The van der Waals surface area contributed by atoms with Crippen molar-refractivity contribution in [3.05, 3.63) is 29.6 Å². The van der Waals surface area contributed by atoms with E-state index in [1.807, 2.05) is 13.1 Å². The van der Waals surface area contributed by atoms with Crippen LogP contribution in [0.15, 0.2) is 18.2 Å². The molecule has 0 saturated carbocycles. The van der Waals surface area contributed by atoms with Gasteiger partial charge in [-0.3, -0.25) is 0 Å². The lowest BCUT2D eigenvalue weighted by Crippen LogP contribution is -2.12. The molecule has 0 aliphatic heterocycles. The molecule has 11 heavy (non-hydrogen) atoms. The molecular formula is C8H11BFN. The summed E-state index contributed by atoms with van der Waals surface area (Å²) in [6, 6.07) is 5.15. The molecule has 0 bridgehead atoms. The Kier molecular flexibility index (Phi) is 2.66. The van der Waals surface area contributed by atoms with Crippen molar-refractivity contribution >= 4 is 13.3 Å². The van der Waals surface area contributed by atoms with Crippen molar-refractivity contribution in [1.29, 1.82) is 0 Å². The summed E-state index contributed by atoms with van der Waals surface area (Å²) in [5.74, 6) is -0.134. The summed E-state index contributed by atoms with van der Waals surface area (Å²) < 4.78 is 12.7. The Labute approximate surface area is 67.0 Å². The average Bonchev–Trinajstić information content (AvgIpc) is 1.98. The summed E-state index contributed by atoms with van der Waals surface area (Å²) >= 11 is 0. The van der Waals surface area contributed by atoms with E-state index in [1.165, 1.54) is 6.07 Å². The van der Waals surface area contributed by atoms with Crippen LogP contribution >= 0.6 is 0 Å². The zero-order chi connectivity index (χ0) is 8.27. The first kappa shape index (κ1) is 8.27. The van der Waals surface area contributed by atoms with Crippen LogP contribution in [0.25, 0.3) is 0 Å². The molecule has 1 N–H and O–H groups in total. The highest BCUT2D eigenvalue weighted by Gasteiger charge is 1.96. The second-order valence-electron chi connectivity index (χ2n) is 2.61. The molecule has 1 nitrogen and oxygen atoms in total. The SMILES string of the molecule is Bc1cc(CNC)ccc1F. The van der Waals surface area contributed by atoms with Gasteiger partial charge >= 0.3 is 0 Å². The number of rotatable bonds is 2. The van der Waals surface area contributed by atoms with Crippen molar-refractivity contribution in [1.82, 2.24) is 5.32 Å². The quantitative estimate of drug-likeness (QED) is 0.577. The monoisotopic (exact) mass is 151 g/mol. The number of benzene rings is 1. The first-order valence-corrected chi connectivity index (χ1v) is 3.63. The van der Waals surface area contributed by atoms with E-state index in [4.69, 9.17) is 0 Å². The van der Waals surface area contributed by atoms with Gasteiger partial charge in [0.25, 0.3) is 0 Å². The van der Waals surface area contributed by atoms with E-state index < -0.39 is 0 Å². The van der Waals surface area contributed by atoms with Gasteiger partial charge in [0.15, 0.2) is 0 Å². The maximum Gasteiger partial charge on any atom is 0.143 e. The normalized spacial score (nSPS) is 10.0. The smallest absolute Gasteiger partial charge is 0.143 e. The van der Waals surface area contributed by atoms with Gasteiger partial charge in [-0.2, -0.15) is 0 Å². The first-order chi connectivity index (χ1) is 5.24. The number of hydrogen-bond acceptors (Lipinski definition) is 1. The maximum absolute atomic E-state index is 12.7. The zero-order valence-corrected chi connectivity index (χ0v) is 6.82. The largest absolute Gasteiger partial charge is 0.316 e. The minimum absolute atomic E-state index is 0.134. The van der Waals surface area contributed by atoms with Crippen LogP contribution in [0.4, 0.5) is 4.39 Å². The lowest BCUT2D eigenvalue weighted by atomic mass is 9.94. The second-order valence-corrected chi connectivity index (χ2v) is 2.61. The average molecular weight is 151 g/mol. The molecule has 0 radical (unpaired) electrons. The summed E-state index contributed by atoms with van der Waals surface area (Å²) in [4.78, 5) is 0. The Morgan fingerprint density at radius 1 is 1.55 bits per heavy atom. The highest BCUT2D eigenvalue weighted by molar-refractivity contribution is 6.32. The topological polar surface area (TPSA) is 12.0 Å². The van der Waals surface area contributed by atoms with Gasteiger partial charge in [0, 0.05) is 6.54 Å². The van der Waals surface area contributed by atoms with Crippen LogP contribution in [-0.2, 0) is 6.54 Å². The minimum atomic E-state index is -0.134. The third-order valence-corrected chi connectivity index (χ3v) is 1.60. The molecule has 1 aromatic rings. The Balaban J connectivity index is 2.86. The molecule has 0 saturated heterocycles. The second kappa shape index (κ2) is 3.53. The van der Waals surface area contributed by atoms with Crippen molar-refractivity contribution in [3.8, 4) is 0 Å². The maximum atomic E-state index is 12.7. The molecule has 0 atom stereocenters. The van der Waals surface area contributed by atoms with Gasteiger partial charge in [-0.1, -0.05) is 17.6 Å². The van der Waals surface area contributed by atoms with Crippen LogP contribution in [0, 0.1) is 5.82 Å². The summed E-state index contributed by atoms with van der Waals surface area (Å²) in [6.45, 7) is 0.793. The van der Waals surface area contributed by atoms with Gasteiger partial charge in [-0.05, 0) is 18.7 Å². The predicted molar refractivity (Wildman–Crippen MR) is 47.3 cm³/mol. The van der Waals surface area contributed by atoms with E-state index in [-0.39, 0.29) is 5.82 Å². The highest BCUT2D eigenvalue weighted by atomic mass is 19.1. The molecule has 0 aliphatic rings. The van der Waals surface area contributed by atoms with Crippen LogP contribution in [-0.4, -0.2) is 14.9 Å². The van der Waals surface area contributed by atoms with E-state index in [0.29, 0.717) is 5.46 Å². The van der Waals surface area contributed by atoms with Gasteiger partial charge in [0.2, 0.25) is 0 Å². The molecule has 1 rings (SSSR count). The molecule has 0 unspecified atom stereocenters. The predicted octanol–water partition coefficient (Wildman–Crippen LogP) is -0.197. The van der Waals surface area contributed by atoms with Crippen LogP contribution < -0.4 is 10.8 Å². The summed E-state index contributed by atoms with van der Waals surface area (Å²) in [6.07, 6.45) is 0. The minimum Gasteiger partial charge on any atom is -0.316 e. The van der Waals surface area contributed by atoms with E-state index in [1.54, 1.807) is 13.9 Å². The number of hydrogen-bond donors (Lipinski definition) is 1. The molecule has 3 heteroatoms. The van der Waals surface area contributed by atoms with Crippen molar-refractivity contribution in [3.63, 3.8) is 0 Å². The molecule has 0 aromatic heterocycles. The van der Waals surface area contributed by atoms with E-state index >= 15 is 0 Å². The third-order valence-electron chi connectivity index (χ3n) is 1.60. The van der Waals surface area contributed by atoms with E-state index in [2.05, 4.69) is 5.32 Å². The van der Waals surface area contributed by atoms with Crippen LogP contribution in [0.5, 0.6) is 0 Å². The fraction of sp³-hybridized carbons (Fsp3) is 0.250. The summed E-state index contributed by atoms with van der Waals surface area (Å²) in [5.41, 5.74) is 1.82. The van der Waals surface area contributed by atoms with Crippen molar-refractivity contribution in [2.75, 3.05) is 7.05 Å². The van der Waals surface area contributed by atoms with Gasteiger partial charge in [-0.15, -0.1) is 0 Å². The molecular weight excluding hydrogens is 140 g/mol. The Hall–Kier alpha value is -0.825. The third kappa shape index (κ3) is 2.05. The lowest BCUT2D eigenvalue weighted by molar-refractivity contribution is 0.635. The molecule has 0 amide bonds. The Morgan fingerprint density at radius 2 is 2.27 bits per heavy atom. The first-order valence-electron chi connectivity index (χ1n) is 3.63. The van der Waals surface area contributed by atoms with E-state index in [9.17, 15) is 4.39 Å². The van der Waals surface area contributed by atoms with Crippen LogP contribution in [0.2, 0.25) is 0 Å². The summed E-state index contributed by atoms with van der Waals surface area (Å²) in [5, 5.41) is 3.01. The summed E-state index contributed by atoms with van der Waals surface area (Å²) in [7, 11) is 3.65. The molecule has 0 spiro atoms. The lowest BCUT2D eigenvalue weighted by Gasteiger charge is -2.01. The van der Waals surface area contributed by atoms with Crippen molar-refractivity contribution in [2.45, 2.75) is 6.54 Å². The molecule has 1 aromatic carbocycles. The fourth-order valence-corrected chi connectivity index (χ4v) is 1.02. The van der Waals surface area contributed by atoms with Gasteiger partial charge in [0.1, 0.15) is 13.7 Å². The fourth-order valence-electron chi connectivity index (χ4n) is 1.02. The standard InChI is InChI=1S/C8H11BFN/c1-11-5-6-2-3-8(10)7(9)4-6/h2-4,11H,5,9H2,1H3. The Morgan fingerprint density at radius 3 is 2.82 bits per heavy atom. The van der Waals surface area contributed by atoms with Gasteiger partial charge in [0.05, 0.1) is 0 Å². The molecule has 0 heterocycles. The number of nitrogens with one attached hydrogen (secondary N) is 1. The van der Waals surface area contributed by atoms with Gasteiger partial charge in [-0.25, -0.2) is 4.39 Å². The van der Waals surface area contributed by atoms with Gasteiger partial charge < -0.3 is 5.32 Å². The number of halogens is 1. The van der Waals surface area contributed by atoms with Crippen LogP contribution in [0.3, 0.4) is 0 Å². The molecule has 0 aliphatic carbocycles. The Bertz CT molecular complexity index is 250. The molecule has 58 valence electrons. The molecule has 0 fully saturated rings. The van der Waals surface area contributed by atoms with E-state index in [0.717, 1.165) is 12.1 Å². The highest BCUT2D eigenvalue weighted by Crippen LogP contribution is 1.98. The van der Waals surface area contributed by atoms with Crippen molar-refractivity contribution in [2.24, 2.45) is 0 Å². The van der Waals surface area contributed by atoms with Crippen LogP contribution in [0.1, 0.15) is 5.56 Å². The van der Waals surface area contributed by atoms with Crippen molar-refractivity contribution < 1.29 is 4.39 Å².